The molecule has 0 radical (unpaired) electrons. The highest BCUT2D eigenvalue weighted by Crippen LogP contribution is 2.20. The van der Waals surface area contributed by atoms with Crippen LogP contribution in [0.2, 0.25) is 0 Å². The molecule has 0 saturated heterocycles. The maximum Gasteiger partial charge on any atom is 0.253 e. The third-order valence-corrected chi connectivity index (χ3v) is 6.20. The SMILES string of the molecule is CC[C@@H](Cc1ccsc1)Nc1c(NC[C@@H](Cc2ccc(O)cc2)N(C)C)c(=O)c1=O. The van der Waals surface area contributed by atoms with Gasteiger partial charge in [0.2, 0.25) is 0 Å². The molecule has 6 nitrogen and oxygen atoms in total. The zero-order valence-corrected chi connectivity index (χ0v) is 18.5. The van der Waals surface area contributed by atoms with Crippen molar-refractivity contribution in [3.05, 3.63) is 72.7 Å². The Kier molecular flexibility index (Phi) is 7.29. The fourth-order valence-corrected chi connectivity index (χ4v) is 4.14. The third kappa shape index (κ3) is 5.29. The van der Waals surface area contributed by atoms with Crippen LogP contribution in [0.25, 0.3) is 0 Å². The molecule has 0 aliphatic carbocycles. The van der Waals surface area contributed by atoms with Gasteiger partial charge in [-0.1, -0.05) is 19.1 Å². The lowest BCUT2D eigenvalue weighted by Gasteiger charge is -2.27. The summed E-state index contributed by atoms with van der Waals surface area (Å²) in [7, 11) is 3.98. The molecule has 1 aromatic heterocycles. The Morgan fingerprint density at radius 1 is 1.00 bits per heavy atom. The van der Waals surface area contributed by atoms with E-state index < -0.39 is 10.9 Å². The summed E-state index contributed by atoms with van der Waals surface area (Å²) in [5, 5.41) is 20.1. The van der Waals surface area contributed by atoms with Gasteiger partial charge in [0.05, 0.1) is 0 Å². The van der Waals surface area contributed by atoms with E-state index in [4.69, 9.17) is 0 Å². The number of hydrogen-bond donors (Lipinski definition) is 3. The highest BCUT2D eigenvalue weighted by Gasteiger charge is 2.24. The highest BCUT2D eigenvalue weighted by atomic mass is 32.1. The van der Waals surface area contributed by atoms with Gasteiger partial charge >= 0.3 is 0 Å². The molecule has 0 saturated carbocycles. The lowest BCUT2D eigenvalue weighted by atomic mass is 10.0. The molecule has 0 spiro atoms. The summed E-state index contributed by atoms with van der Waals surface area (Å²) >= 11 is 1.66. The zero-order valence-electron chi connectivity index (χ0n) is 17.6. The molecular weight excluding hydrogens is 398 g/mol. The van der Waals surface area contributed by atoms with E-state index in [2.05, 4.69) is 33.9 Å². The van der Waals surface area contributed by atoms with Gasteiger partial charge in [-0.15, -0.1) is 0 Å². The molecule has 160 valence electrons. The quantitative estimate of drug-likeness (QED) is 0.408. The third-order valence-electron chi connectivity index (χ3n) is 5.47. The largest absolute Gasteiger partial charge is 0.508 e. The van der Waals surface area contributed by atoms with Gasteiger partial charge in [0.25, 0.3) is 10.9 Å². The molecular formula is C23H29N3O3S. The summed E-state index contributed by atoms with van der Waals surface area (Å²) in [6.07, 6.45) is 2.43. The van der Waals surface area contributed by atoms with Gasteiger partial charge in [-0.25, -0.2) is 0 Å². The lowest BCUT2D eigenvalue weighted by molar-refractivity contribution is 0.303. The van der Waals surface area contributed by atoms with E-state index in [1.165, 1.54) is 5.56 Å². The topological polar surface area (TPSA) is 81.7 Å². The van der Waals surface area contributed by atoms with Crippen molar-refractivity contribution in [2.75, 3.05) is 31.3 Å². The average molecular weight is 428 g/mol. The molecule has 3 rings (SSSR count). The molecule has 0 aliphatic rings. The van der Waals surface area contributed by atoms with Crippen LogP contribution in [0.3, 0.4) is 0 Å². The highest BCUT2D eigenvalue weighted by molar-refractivity contribution is 7.07. The van der Waals surface area contributed by atoms with Crippen molar-refractivity contribution < 1.29 is 5.11 Å². The van der Waals surface area contributed by atoms with Gasteiger partial charge in [-0.2, -0.15) is 11.3 Å². The number of nitrogens with zero attached hydrogens (tertiary/aromatic N) is 1. The summed E-state index contributed by atoms with van der Waals surface area (Å²) in [6.45, 7) is 2.61. The second kappa shape index (κ2) is 9.91. The average Bonchev–Trinajstić information content (AvgIpc) is 3.25. The summed E-state index contributed by atoms with van der Waals surface area (Å²) in [5.74, 6) is 0.241. The van der Waals surface area contributed by atoms with Crippen molar-refractivity contribution in [2.24, 2.45) is 0 Å². The summed E-state index contributed by atoms with van der Waals surface area (Å²) < 4.78 is 0. The molecule has 3 aromatic rings. The van der Waals surface area contributed by atoms with Gasteiger partial charge in [0, 0.05) is 18.6 Å². The van der Waals surface area contributed by atoms with Crippen molar-refractivity contribution >= 4 is 22.7 Å². The Morgan fingerprint density at radius 3 is 2.30 bits per heavy atom. The van der Waals surface area contributed by atoms with Crippen LogP contribution in [0.5, 0.6) is 5.75 Å². The molecule has 0 aliphatic heterocycles. The predicted octanol–water partition coefficient (Wildman–Crippen LogP) is 3.07. The molecule has 0 unspecified atom stereocenters. The fraction of sp³-hybridized carbons (Fsp3) is 0.391. The summed E-state index contributed by atoms with van der Waals surface area (Å²) in [6, 6.07) is 9.45. The molecule has 3 N–H and O–H groups in total. The number of anilines is 2. The minimum atomic E-state index is -0.454. The first-order valence-corrected chi connectivity index (χ1v) is 11.1. The van der Waals surface area contributed by atoms with Crippen molar-refractivity contribution in [3.8, 4) is 5.75 Å². The number of phenols is 1. The minimum absolute atomic E-state index is 0.102. The van der Waals surface area contributed by atoms with Crippen molar-refractivity contribution in [1.29, 1.82) is 0 Å². The molecule has 0 fully saturated rings. The molecule has 2 aromatic carbocycles. The first-order chi connectivity index (χ1) is 14.4. The van der Waals surface area contributed by atoms with Gasteiger partial charge in [-0.05, 0) is 73.4 Å². The zero-order chi connectivity index (χ0) is 21.7. The molecule has 2 atom stereocenters. The number of nitrogens with one attached hydrogen (secondary N) is 2. The van der Waals surface area contributed by atoms with Crippen molar-refractivity contribution in [3.63, 3.8) is 0 Å². The number of benzene rings is 1. The number of rotatable bonds is 11. The van der Waals surface area contributed by atoms with Gasteiger partial charge in [-0.3, -0.25) is 9.59 Å². The first kappa shape index (κ1) is 22.1. The van der Waals surface area contributed by atoms with E-state index in [9.17, 15) is 14.7 Å². The number of hydrogen-bond acceptors (Lipinski definition) is 7. The van der Waals surface area contributed by atoms with Crippen LogP contribution in [-0.4, -0.2) is 42.7 Å². The summed E-state index contributed by atoms with van der Waals surface area (Å²) in [5.41, 5.74) is 2.23. The predicted molar refractivity (Wildman–Crippen MR) is 125 cm³/mol. The number of aromatic hydroxyl groups is 1. The fourth-order valence-electron chi connectivity index (χ4n) is 3.45. The van der Waals surface area contributed by atoms with Gasteiger partial charge in [0.15, 0.2) is 0 Å². The first-order valence-electron chi connectivity index (χ1n) is 10.2. The van der Waals surface area contributed by atoms with E-state index in [0.717, 1.165) is 24.8 Å². The van der Waals surface area contributed by atoms with E-state index >= 15 is 0 Å². The van der Waals surface area contributed by atoms with Crippen molar-refractivity contribution in [1.82, 2.24) is 4.90 Å². The molecule has 7 heteroatoms. The monoisotopic (exact) mass is 427 g/mol. The minimum Gasteiger partial charge on any atom is -0.508 e. The van der Waals surface area contributed by atoms with Crippen LogP contribution in [0, 0.1) is 0 Å². The lowest BCUT2D eigenvalue weighted by Crippen LogP contribution is -2.43. The molecule has 0 bridgehead atoms. The van der Waals surface area contributed by atoms with Crippen molar-refractivity contribution in [2.45, 2.75) is 38.3 Å². The Labute approximate surface area is 180 Å². The maximum atomic E-state index is 12.2. The van der Waals surface area contributed by atoms with E-state index in [0.29, 0.717) is 17.9 Å². The smallest absolute Gasteiger partial charge is 0.253 e. The molecule has 30 heavy (non-hydrogen) atoms. The normalized spacial score (nSPS) is 13.5. The van der Waals surface area contributed by atoms with Crippen LogP contribution in [0.1, 0.15) is 24.5 Å². The standard InChI is InChI=1S/C23H29N3O3S/c1-4-17(11-16-9-10-30-14-16)25-21-20(22(28)23(21)29)24-13-18(26(2)3)12-15-5-7-19(27)8-6-15/h5-10,14,17-18,24-25,27H,4,11-13H2,1-3H3/t17-,18+/m0/s1. The van der Waals surface area contributed by atoms with Crippen LogP contribution >= 0.6 is 11.3 Å². The maximum absolute atomic E-state index is 12.2. The Balaban J connectivity index is 1.65. The Hall–Kier alpha value is -2.64. The van der Waals surface area contributed by atoms with Crippen LogP contribution < -0.4 is 21.5 Å². The van der Waals surface area contributed by atoms with Crippen LogP contribution in [-0.2, 0) is 12.8 Å². The number of likely N-dealkylation sites (N-methyl/N-ethyl adjacent to an activating group) is 1. The molecule has 1 heterocycles. The van der Waals surface area contributed by atoms with Gasteiger partial charge in [0.1, 0.15) is 17.1 Å². The summed E-state index contributed by atoms with van der Waals surface area (Å²) in [4.78, 5) is 26.5. The number of phenolic OH excluding ortho intramolecular Hbond substituents is 1. The Morgan fingerprint density at radius 2 is 1.70 bits per heavy atom. The second-order valence-electron chi connectivity index (χ2n) is 7.86. The van der Waals surface area contributed by atoms with Crippen LogP contribution in [0.15, 0.2) is 50.7 Å². The Bertz CT molecular complexity index is 1010. The van der Waals surface area contributed by atoms with Gasteiger partial charge < -0.3 is 20.6 Å². The number of thiophene rings is 1. The molecule has 0 amide bonds. The van der Waals surface area contributed by atoms with E-state index in [1.54, 1.807) is 23.5 Å². The second-order valence-corrected chi connectivity index (χ2v) is 8.64. The van der Waals surface area contributed by atoms with E-state index in [-0.39, 0.29) is 17.8 Å². The van der Waals surface area contributed by atoms with E-state index in [1.807, 2.05) is 31.6 Å². The van der Waals surface area contributed by atoms with Crippen LogP contribution in [0.4, 0.5) is 11.4 Å².